The average molecular weight is 628 g/mol. The molecule has 3 aliphatic rings. The van der Waals surface area contributed by atoms with Crippen molar-refractivity contribution < 1.29 is 18.7 Å². The molecular formula is C30H38Cl3FN4O3. The maximum absolute atomic E-state index is 12.9. The number of nitrogens with one attached hydrogen (secondary N) is 1. The van der Waals surface area contributed by atoms with Gasteiger partial charge in [-0.05, 0) is 87.0 Å². The van der Waals surface area contributed by atoms with Gasteiger partial charge in [0.2, 0.25) is 5.91 Å². The summed E-state index contributed by atoms with van der Waals surface area (Å²) in [7, 11) is 0. The van der Waals surface area contributed by atoms with Crippen molar-refractivity contribution in [1.82, 2.24) is 20.0 Å². The highest BCUT2D eigenvalue weighted by Crippen LogP contribution is 2.36. The van der Waals surface area contributed by atoms with Crippen LogP contribution < -0.4 is 10.1 Å². The van der Waals surface area contributed by atoms with E-state index in [1.54, 1.807) is 11.0 Å². The molecule has 41 heavy (non-hydrogen) atoms. The van der Waals surface area contributed by atoms with Crippen LogP contribution in [0.5, 0.6) is 5.75 Å². The Hall–Kier alpha value is -2.26. The number of nitrogens with zero attached hydrogens (tertiary/aromatic N) is 3. The summed E-state index contributed by atoms with van der Waals surface area (Å²) in [6.45, 7) is 7.22. The third kappa shape index (κ3) is 9.37. The fourth-order valence-electron chi connectivity index (χ4n) is 5.23. The lowest BCUT2D eigenvalue weighted by Crippen LogP contribution is -2.56. The Morgan fingerprint density at radius 1 is 0.951 bits per heavy atom. The second-order valence-corrected chi connectivity index (χ2v) is 12.1. The monoisotopic (exact) mass is 626 g/mol. The number of carbonyl (C=O) groups excluding carboxylic acids is 2. The van der Waals surface area contributed by atoms with Crippen molar-refractivity contribution in [3.8, 4) is 5.75 Å². The molecule has 11 heteroatoms. The Balaban J connectivity index is 0.000000367. The highest BCUT2D eigenvalue weighted by molar-refractivity contribution is 6.35. The standard InChI is InChI=1S/C23H32ClFN4O3.C7H6Cl2/c24-18-3-4-20(21(13-18)32-12-11-27-7-1-2-8-27)17-5-9-28(10-6-17)22(30)14-26-23(31)29-15-19(25)16-29;1-5-2-3-6(8)4-7(5)9/h3-4,13,17,19H,1-2,5-12,14-16H2,(H,26,31);2-4H,1H3. The van der Waals surface area contributed by atoms with E-state index < -0.39 is 6.17 Å². The van der Waals surface area contributed by atoms with Gasteiger partial charge in [0.25, 0.3) is 0 Å². The molecule has 5 rings (SSSR count). The molecule has 0 bridgehead atoms. The van der Waals surface area contributed by atoms with Crippen molar-refractivity contribution >= 4 is 46.7 Å². The Bertz CT molecular complexity index is 1180. The number of piperidine rings is 1. The van der Waals surface area contributed by atoms with Crippen LogP contribution in [0.1, 0.15) is 42.7 Å². The molecule has 2 aromatic rings. The van der Waals surface area contributed by atoms with Gasteiger partial charge in [-0.25, -0.2) is 9.18 Å². The summed E-state index contributed by atoms with van der Waals surface area (Å²) in [4.78, 5) is 29.9. The van der Waals surface area contributed by atoms with Gasteiger partial charge in [-0.3, -0.25) is 9.69 Å². The molecule has 0 radical (unpaired) electrons. The van der Waals surface area contributed by atoms with Crippen LogP contribution in [0.15, 0.2) is 36.4 Å². The van der Waals surface area contributed by atoms with E-state index in [2.05, 4.69) is 10.2 Å². The predicted molar refractivity (Wildman–Crippen MR) is 162 cm³/mol. The molecule has 0 atom stereocenters. The predicted octanol–water partition coefficient (Wildman–Crippen LogP) is 6.19. The molecule has 0 unspecified atom stereocenters. The number of halogens is 4. The molecule has 1 N–H and O–H groups in total. The van der Waals surface area contributed by atoms with Gasteiger partial charge in [0, 0.05) is 34.7 Å². The quantitative estimate of drug-likeness (QED) is 0.398. The fourth-order valence-corrected chi connectivity index (χ4v) is 5.80. The number of hydrogen-bond acceptors (Lipinski definition) is 4. The Labute approximate surface area is 256 Å². The smallest absolute Gasteiger partial charge is 0.318 e. The Morgan fingerprint density at radius 2 is 1.61 bits per heavy atom. The molecular weight excluding hydrogens is 590 g/mol. The zero-order valence-corrected chi connectivity index (χ0v) is 25.7. The molecule has 0 spiro atoms. The minimum atomic E-state index is -0.947. The minimum Gasteiger partial charge on any atom is -0.492 e. The second kappa shape index (κ2) is 15.3. The third-order valence-electron chi connectivity index (χ3n) is 7.78. The van der Waals surface area contributed by atoms with Gasteiger partial charge in [0.1, 0.15) is 18.5 Å². The number of carbonyl (C=O) groups is 2. The first kappa shape index (κ1) is 31.7. The van der Waals surface area contributed by atoms with Gasteiger partial charge in [0.15, 0.2) is 0 Å². The first-order valence-corrected chi connectivity index (χ1v) is 15.3. The number of rotatable bonds is 7. The maximum atomic E-state index is 12.9. The van der Waals surface area contributed by atoms with Crippen molar-refractivity contribution in [1.29, 1.82) is 0 Å². The van der Waals surface area contributed by atoms with Gasteiger partial charge in [0.05, 0.1) is 19.6 Å². The van der Waals surface area contributed by atoms with Crippen LogP contribution in [-0.2, 0) is 4.79 Å². The molecule has 3 heterocycles. The molecule has 2 aromatic carbocycles. The molecule has 0 aliphatic carbocycles. The van der Waals surface area contributed by atoms with Crippen molar-refractivity contribution in [3.63, 3.8) is 0 Å². The number of hydrogen-bond donors (Lipinski definition) is 1. The van der Waals surface area contributed by atoms with E-state index in [0.29, 0.717) is 35.7 Å². The normalized spacial score (nSPS) is 18.0. The van der Waals surface area contributed by atoms with Crippen molar-refractivity contribution in [3.05, 3.63) is 62.6 Å². The largest absolute Gasteiger partial charge is 0.492 e. The summed E-state index contributed by atoms with van der Waals surface area (Å²) in [6, 6.07) is 10.9. The van der Waals surface area contributed by atoms with Crippen molar-refractivity contribution in [2.45, 2.75) is 44.7 Å². The molecule has 224 valence electrons. The summed E-state index contributed by atoms with van der Waals surface area (Å²) in [5.41, 5.74) is 2.20. The van der Waals surface area contributed by atoms with Crippen LogP contribution in [0.2, 0.25) is 15.1 Å². The van der Waals surface area contributed by atoms with Gasteiger partial charge >= 0.3 is 6.03 Å². The van der Waals surface area contributed by atoms with E-state index in [1.807, 2.05) is 37.3 Å². The number of amides is 3. The highest BCUT2D eigenvalue weighted by Gasteiger charge is 2.31. The van der Waals surface area contributed by atoms with Crippen molar-refractivity contribution in [2.75, 3.05) is 59.0 Å². The van der Waals surface area contributed by atoms with E-state index >= 15 is 0 Å². The molecule has 0 aromatic heterocycles. The van der Waals surface area contributed by atoms with Gasteiger partial charge in [-0.15, -0.1) is 0 Å². The highest BCUT2D eigenvalue weighted by atomic mass is 35.5. The summed E-state index contributed by atoms with van der Waals surface area (Å²) < 4.78 is 19.0. The van der Waals surface area contributed by atoms with E-state index in [4.69, 9.17) is 39.5 Å². The lowest BCUT2D eigenvalue weighted by molar-refractivity contribution is -0.131. The molecule has 0 saturated carbocycles. The van der Waals surface area contributed by atoms with E-state index in [9.17, 15) is 14.0 Å². The number of urea groups is 1. The average Bonchev–Trinajstić information content (AvgIpc) is 3.46. The Kier molecular flexibility index (Phi) is 11.8. The van der Waals surface area contributed by atoms with Crippen LogP contribution in [0.3, 0.4) is 0 Å². The van der Waals surface area contributed by atoms with Crippen LogP contribution in [0.25, 0.3) is 0 Å². The Morgan fingerprint density at radius 3 is 2.24 bits per heavy atom. The van der Waals surface area contributed by atoms with Crippen molar-refractivity contribution in [2.24, 2.45) is 0 Å². The summed E-state index contributed by atoms with van der Waals surface area (Å²) in [5.74, 6) is 1.04. The maximum Gasteiger partial charge on any atom is 0.318 e. The number of ether oxygens (including phenoxy) is 1. The number of benzene rings is 2. The van der Waals surface area contributed by atoms with Crippen LogP contribution in [0.4, 0.5) is 9.18 Å². The summed E-state index contributed by atoms with van der Waals surface area (Å²) in [5, 5.41) is 4.67. The van der Waals surface area contributed by atoms with Gasteiger partial charge < -0.3 is 19.9 Å². The zero-order chi connectivity index (χ0) is 29.4. The lowest BCUT2D eigenvalue weighted by Gasteiger charge is -2.35. The van der Waals surface area contributed by atoms with Gasteiger partial charge in [-0.2, -0.15) is 0 Å². The van der Waals surface area contributed by atoms with Crippen LogP contribution in [0, 0.1) is 6.92 Å². The molecule has 3 saturated heterocycles. The molecule has 3 amide bonds. The van der Waals surface area contributed by atoms with E-state index in [-0.39, 0.29) is 31.6 Å². The zero-order valence-electron chi connectivity index (χ0n) is 23.4. The van der Waals surface area contributed by atoms with E-state index in [1.165, 1.54) is 17.7 Å². The number of aryl methyl sites for hydroxylation is 1. The summed E-state index contributed by atoms with van der Waals surface area (Å²) >= 11 is 17.6. The molecule has 3 fully saturated rings. The third-order valence-corrected chi connectivity index (χ3v) is 8.65. The second-order valence-electron chi connectivity index (χ2n) is 10.8. The first-order chi connectivity index (χ1) is 19.7. The number of alkyl halides is 1. The minimum absolute atomic E-state index is 0.0528. The van der Waals surface area contributed by atoms with Crippen LogP contribution >= 0.6 is 34.8 Å². The van der Waals surface area contributed by atoms with Crippen LogP contribution in [-0.4, -0.2) is 91.8 Å². The number of likely N-dealkylation sites (tertiary alicyclic amines) is 3. The summed E-state index contributed by atoms with van der Waals surface area (Å²) in [6.07, 6.45) is 3.25. The van der Waals surface area contributed by atoms with E-state index in [0.717, 1.165) is 54.4 Å². The molecule has 3 aliphatic heterocycles. The SMILES string of the molecule is Cc1ccc(Cl)cc1Cl.O=C(CNC(=O)N1CC(F)C1)N1CCC(c2ccc(Cl)cc2OCCN2CCCC2)CC1. The first-order valence-electron chi connectivity index (χ1n) is 14.2. The fraction of sp³-hybridized carbons (Fsp3) is 0.533. The molecule has 7 nitrogen and oxygen atoms in total. The van der Waals surface area contributed by atoms with Gasteiger partial charge in [-0.1, -0.05) is 46.9 Å². The topological polar surface area (TPSA) is 65.1 Å². The lowest BCUT2D eigenvalue weighted by atomic mass is 9.88.